The van der Waals surface area contributed by atoms with Gasteiger partial charge in [-0.3, -0.25) is 4.79 Å². The zero-order valence-corrected chi connectivity index (χ0v) is 20.8. The van der Waals surface area contributed by atoms with Crippen LogP contribution in [0.4, 0.5) is 22.7 Å². The van der Waals surface area contributed by atoms with Crippen molar-refractivity contribution in [3.8, 4) is 5.75 Å². The molecular weight excluding hydrogens is 487 g/mol. The Hall–Kier alpha value is -2.59. The van der Waals surface area contributed by atoms with E-state index in [-0.39, 0.29) is 63.1 Å². The number of hydrogen-bond donors (Lipinski definition) is 3. The average Bonchev–Trinajstić information content (AvgIpc) is 2.66. The van der Waals surface area contributed by atoms with Crippen LogP contribution in [0.15, 0.2) is 62.5 Å². The van der Waals surface area contributed by atoms with Gasteiger partial charge >= 0.3 is 29.6 Å². The van der Waals surface area contributed by atoms with Gasteiger partial charge in [-0.25, -0.2) is 16.8 Å². The number of azo groups is 1. The van der Waals surface area contributed by atoms with Crippen LogP contribution in [0.2, 0.25) is 0 Å². The molecule has 1 amide bonds. The number of aromatic hydroxyl groups is 1. The first-order chi connectivity index (χ1) is 14.8. The average molecular weight is 501 g/mol. The number of nitrogen functional groups attached to an aromatic ring is 1. The number of rotatable bonds is 5. The number of anilines is 2. The van der Waals surface area contributed by atoms with Gasteiger partial charge in [0, 0.05) is 12.6 Å². The number of carbonyl (C=O) groups excluding carboxylic acids is 1. The molecule has 0 saturated carbocycles. The molecule has 0 aliphatic carbocycles. The summed E-state index contributed by atoms with van der Waals surface area (Å²) in [5.41, 5.74) is 5.37. The largest absolute Gasteiger partial charge is 1.00 e. The molecule has 0 saturated heterocycles. The van der Waals surface area contributed by atoms with Crippen molar-refractivity contribution >= 4 is 59.7 Å². The number of hydrogen-bond acceptors (Lipinski definition) is 11. The summed E-state index contributed by atoms with van der Waals surface area (Å²) in [6.07, 6.45) is 0. The number of nitrogens with one attached hydrogen (secondary N) is 1. The van der Waals surface area contributed by atoms with Crippen LogP contribution in [0.25, 0.3) is 10.8 Å². The summed E-state index contributed by atoms with van der Waals surface area (Å²) in [5.74, 6) is -1.12. The Morgan fingerprint density at radius 1 is 1.00 bits per heavy atom. The first-order valence-electron chi connectivity index (χ1n) is 8.58. The summed E-state index contributed by atoms with van der Waals surface area (Å²) in [6, 6.07) is 7.71. The molecule has 168 valence electrons. The fourth-order valence-electron chi connectivity index (χ4n) is 2.85. The second kappa shape index (κ2) is 9.72. The van der Waals surface area contributed by atoms with E-state index in [1.807, 2.05) is 0 Å². The maximum absolute atomic E-state index is 11.6. The standard InChI is InChI=1S/C18H16N4O8S2.Na/c1-9(23)20-11-3-5-14(16(7-11)32(28,29)30)21-22-18-13(19)4-2-10-6-12(31(25,26)27)8-15(24)17(10)18;/h2-8,24H,19H2,1H3,(H,20,23)(H,25,26,27)(H,28,29,30);/q;+1/p-2. The van der Waals surface area contributed by atoms with E-state index in [2.05, 4.69) is 15.5 Å². The molecule has 0 unspecified atom stereocenters. The van der Waals surface area contributed by atoms with E-state index in [1.165, 1.54) is 25.1 Å². The quantitative estimate of drug-likeness (QED) is 0.174. The van der Waals surface area contributed by atoms with Gasteiger partial charge in [-0.05, 0) is 41.8 Å². The monoisotopic (exact) mass is 501 g/mol. The minimum absolute atomic E-state index is 0. The second-order valence-corrected chi connectivity index (χ2v) is 9.24. The van der Waals surface area contributed by atoms with Crippen molar-refractivity contribution in [2.75, 3.05) is 11.1 Å². The van der Waals surface area contributed by atoms with Crippen molar-refractivity contribution in [1.82, 2.24) is 0 Å². The fourth-order valence-corrected chi connectivity index (χ4v) is 4.01. The van der Waals surface area contributed by atoms with Crippen LogP contribution in [0.3, 0.4) is 0 Å². The van der Waals surface area contributed by atoms with Crippen LogP contribution in [-0.4, -0.2) is 37.0 Å². The number of carbonyl (C=O) groups is 1. The molecule has 0 aromatic heterocycles. The van der Waals surface area contributed by atoms with Gasteiger partial charge in [0.2, 0.25) is 5.91 Å². The molecule has 0 atom stereocenters. The van der Waals surface area contributed by atoms with Gasteiger partial charge < -0.3 is 25.3 Å². The number of phenols is 1. The second-order valence-electron chi connectivity index (χ2n) is 6.52. The number of benzene rings is 3. The molecule has 0 fully saturated rings. The summed E-state index contributed by atoms with van der Waals surface area (Å²) in [7, 11) is -9.87. The molecule has 15 heteroatoms. The predicted octanol–water partition coefficient (Wildman–Crippen LogP) is -0.686. The zero-order chi connectivity index (χ0) is 23.8. The first-order valence-corrected chi connectivity index (χ1v) is 11.4. The van der Waals surface area contributed by atoms with Gasteiger partial charge in [-0.15, -0.1) is 10.2 Å². The van der Waals surface area contributed by atoms with Crippen LogP contribution in [0, 0.1) is 0 Å². The van der Waals surface area contributed by atoms with E-state index >= 15 is 0 Å². The molecular formula is C18H14N4NaO8S2-. The van der Waals surface area contributed by atoms with Crippen LogP contribution in [-0.2, 0) is 25.0 Å². The molecule has 33 heavy (non-hydrogen) atoms. The van der Waals surface area contributed by atoms with Gasteiger partial charge in [0.05, 0.1) is 20.9 Å². The van der Waals surface area contributed by atoms with E-state index in [0.717, 1.165) is 24.3 Å². The van der Waals surface area contributed by atoms with Crippen molar-refractivity contribution in [3.63, 3.8) is 0 Å². The van der Waals surface area contributed by atoms with Crippen molar-refractivity contribution in [1.29, 1.82) is 0 Å². The number of amides is 1. The molecule has 0 radical (unpaired) electrons. The van der Waals surface area contributed by atoms with Crippen molar-refractivity contribution < 1.29 is 65.4 Å². The normalized spacial score (nSPS) is 12.0. The summed E-state index contributed by atoms with van der Waals surface area (Å²) in [6.45, 7) is 1.19. The van der Waals surface area contributed by atoms with Crippen LogP contribution in [0.1, 0.15) is 6.92 Å². The number of phenolic OH excluding ortho intramolecular Hbond substituents is 1. The molecule has 0 bridgehead atoms. The Morgan fingerprint density at radius 2 is 1.67 bits per heavy atom. The summed E-state index contributed by atoms with van der Waals surface area (Å²) in [5, 5.41) is 20.2. The molecule has 3 rings (SSSR count). The van der Waals surface area contributed by atoms with Crippen LogP contribution >= 0.6 is 0 Å². The Bertz CT molecular complexity index is 1510. The van der Waals surface area contributed by atoms with E-state index in [9.17, 15) is 35.8 Å². The molecule has 3 aromatic rings. The number of nitrogens with two attached hydrogens (primary N) is 1. The Morgan fingerprint density at radius 3 is 2.24 bits per heavy atom. The molecule has 0 heterocycles. The number of fused-ring (bicyclic) bond motifs is 1. The first kappa shape index (κ1) is 26.7. The third-order valence-electron chi connectivity index (χ3n) is 4.17. The molecule has 0 aliphatic rings. The van der Waals surface area contributed by atoms with E-state index in [4.69, 9.17) is 5.73 Å². The zero-order valence-electron chi connectivity index (χ0n) is 17.1. The van der Waals surface area contributed by atoms with E-state index in [1.54, 1.807) is 0 Å². The van der Waals surface area contributed by atoms with Gasteiger partial charge in [-0.2, -0.15) is 0 Å². The van der Waals surface area contributed by atoms with Crippen LogP contribution < -0.4 is 40.6 Å². The third-order valence-corrected chi connectivity index (χ3v) is 5.85. The topological polar surface area (TPSA) is 214 Å². The SMILES string of the molecule is CC(=O)Nc1ccc(N=Nc2c(N)ccc3cc(S(=O)(=O)[O-])cc(O)c23)c(S(=O)(=O)[O-])c1.[Na+]. The Balaban J connectivity index is 0.00000385. The van der Waals surface area contributed by atoms with Gasteiger partial charge in [0.15, 0.2) is 0 Å². The maximum Gasteiger partial charge on any atom is 1.00 e. The van der Waals surface area contributed by atoms with E-state index in [0.29, 0.717) is 0 Å². The van der Waals surface area contributed by atoms with Crippen molar-refractivity contribution in [2.24, 2.45) is 10.2 Å². The van der Waals surface area contributed by atoms with Gasteiger partial charge in [0.1, 0.15) is 37.4 Å². The van der Waals surface area contributed by atoms with Crippen molar-refractivity contribution in [2.45, 2.75) is 16.7 Å². The Labute approximate surface area is 210 Å². The van der Waals surface area contributed by atoms with Gasteiger partial charge in [-0.1, -0.05) is 6.07 Å². The predicted molar refractivity (Wildman–Crippen MR) is 111 cm³/mol. The number of nitrogens with zero attached hydrogens (tertiary/aromatic N) is 2. The maximum atomic E-state index is 11.6. The molecule has 0 aliphatic heterocycles. The summed E-state index contributed by atoms with van der Waals surface area (Å²) >= 11 is 0. The molecule has 0 spiro atoms. The molecule has 4 N–H and O–H groups in total. The fraction of sp³-hybridized carbons (Fsp3) is 0.0556. The van der Waals surface area contributed by atoms with Crippen molar-refractivity contribution in [3.05, 3.63) is 42.5 Å². The van der Waals surface area contributed by atoms with E-state index < -0.39 is 41.7 Å². The molecule has 3 aromatic carbocycles. The summed E-state index contributed by atoms with van der Waals surface area (Å²) < 4.78 is 68.8. The van der Waals surface area contributed by atoms with Crippen LogP contribution in [0.5, 0.6) is 5.75 Å². The third kappa shape index (κ3) is 6.05. The minimum atomic E-state index is -5.02. The summed E-state index contributed by atoms with van der Waals surface area (Å²) in [4.78, 5) is 9.73. The Kier molecular flexibility index (Phi) is 7.86. The molecule has 12 nitrogen and oxygen atoms in total. The minimum Gasteiger partial charge on any atom is -0.744 e. The smallest absolute Gasteiger partial charge is 0.744 e. The van der Waals surface area contributed by atoms with Gasteiger partial charge in [0.25, 0.3) is 0 Å².